The normalized spacial score (nSPS) is 10.6. The second kappa shape index (κ2) is 6.18. The number of thiazole rings is 1. The van der Waals surface area contributed by atoms with Gasteiger partial charge >= 0.3 is 4.96 Å². The minimum atomic E-state index is 0. The van der Waals surface area contributed by atoms with E-state index in [1.807, 2.05) is 0 Å². The van der Waals surface area contributed by atoms with Crippen LogP contribution in [0.25, 0.3) is 16.2 Å². The molecule has 3 rings (SSSR count). The Morgan fingerprint density at radius 2 is 1.85 bits per heavy atom. The van der Waals surface area contributed by atoms with Crippen molar-refractivity contribution in [3.05, 3.63) is 52.7 Å². The summed E-state index contributed by atoms with van der Waals surface area (Å²) < 4.78 is 2.28. The van der Waals surface area contributed by atoms with Crippen molar-refractivity contribution in [2.24, 2.45) is 0 Å². The maximum atomic E-state index is 4.73. The second-order valence-electron chi connectivity index (χ2n) is 4.72. The molecule has 1 aromatic carbocycles. The quantitative estimate of drug-likeness (QED) is 0.461. The van der Waals surface area contributed by atoms with Gasteiger partial charge in [-0.25, -0.2) is 0 Å². The molecule has 0 radical (unpaired) electrons. The molecule has 0 atom stereocenters. The summed E-state index contributed by atoms with van der Waals surface area (Å²) in [5.41, 5.74) is 6.30. The molecule has 0 bridgehead atoms. The lowest BCUT2D eigenvalue weighted by atomic mass is 10.1. The zero-order valence-corrected chi connectivity index (χ0v) is 14.8. The summed E-state index contributed by atoms with van der Waals surface area (Å²) in [6, 6.07) is 10.5. The lowest BCUT2D eigenvalue weighted by molar-refractivity contribution is -0.506. The van der Waals surface area contributed by atoms with Gasteiger partial charge in [0.25, 0.3) is 0 Å². The van der Waals surface area contributed by atoms with Gasteiger partial charge in [0.05, 0.1) is 0 Å². The number of aryl methyl sites for hydroxylation is 2. The molecule has 0 saturated carbocycles. The highest BCUT2D eigenvalue weighted by Crippen LogP contribution is 2.22. The minimum Gasteiger partial charge on any atom is -1.00 e. The van der Waals surface area contributed by atoms with Crippen molar-refractivity contribution >= 4 is 16.3 Å². The van der Waals surface area contributed by atoms with Gasteiger partial charge < -0.3 is 24.0 Å². The molecule has 2 aromatic heterocycles. The molecule has 104 valence electrons. The van der Waals surface area contributed by atoms with Crippen molar-refractivity contribution in [3.8, 4) is 11.3 Å². The molecule has 0 unspecified atom stereocenters. The van der Waals surface area contributed by atoms with E-state index in [4.69, 9.17) is 4.98 Å². The standard InChI is InChI=1S/C16H17N2S.HI/c1-4-14-11(2)17-16-18(12(14)3)15(10-19-16)13-8-6-5-7-9-13;/h5-10H,4H2,1-3H3;1H/q+1;/p-1. The Balaban J connectivity index is 0.00000147. The maximum Gasteiger partial charge on any atom is 0.387 e. The number of aromatic nitrogens is 2. The number of rotatable bonds is 2. The van der Waals surface area contributed by atoms with E-state index in [9.17, 15) is 0 Å². The van der Waals surface area contributed by atoms with Gasteiger partial charge in [0.2, 0.25) is 0 Å². The fraction of sp³-hybridized carbons (Fsp3) is 0.250. The van der Waals surface area contributed by atoms with Crippen LogP contribution in [0.2, 0.25) is 0 Å². The highest BCUT2D eigenvalue weighted by Gasteiger charge is 2.21. The van der Waals surface area contributed by atoms with Crippen LogP contribution in [0, 0.1) is 13.8 Å². The fourth-order valence-corrected chi connectivity index (χ4v) is 3.63. The third-order valence-electron chi connectivity index (χ3n) is 3.60. The van der Waals surface area contributed by atoms with Gasteiger partial charge in [0.1, 0.15) is 5.69 Å². The van der Waals surface area contributed by atoms with Crippen LogP contribution < -0.4 is 28.4 Å². The molecule has 0 saturated heterocycles. The summed E-state index contributed by atoms with van der Waals surface area (Å²) in [5, 5.41) is 2.20. The van der Waals surface area contributed by atoms with Crippen molar-refractivity contribution in [3.63, 3.8) is 0 Å². The summed E-state index contributed by atoms with van der Waals surface area (Å²) in [6.45, 7) is 6.49. The van der Waals surface area contributed by atoms with Gasteiger partial charge in [0, 0.05) is 23.4 Å². The molecule has 0 aliphatic rings. The molecule has 3 aromatic rings. The smallest absolute Gasteiger partial charge is 0.387 e. The molecular formula is C16H17IN2S. The second-order valence-corrected chi connectivity index (χ2v) is 5.56. The van der Waals surface area contributed by atoms with E-state index in [2.05, 4.69) is 60.9 Å². The minimum absolute atomic E-state index is 0. The summed E-state index contributed by atoms with van der Waals surface area (Å²) in [4.78, 5) is 5.81. The predicted molar refractivity (Wildman–Crippen MR) is 79.6 cm³/mol. The molecule has 2 heterocycles. The maximum absolute atomic E-state index is 4.73. The monoisotopic (exact) mass is 396 g/mol. The first-order valence-electron chi connectivity index (χ1n) is 6.57. The van der Waals surface area contributed by atoms with E-state index in [1.165, 1.54) is 22.5 Å². The van der Waals surface area contributed by atoms with Gasteiger partial charge in [-0.3, -0.25) is 0 Å². The Morgan fingerprint density at radius 1 is 1.15 bits per heavy atom. The van der Waals surface area contributed by atoms with Crippen LogP contribution in [0.15, 0.2) is 35.7 Å². The van der Waals surface area contributed by atoms with E-state index in [0.29, 0.717) is 0 Å². The predicted octanol–water partition coefficient (Wildman–Crippen LogP) is 0.732. The fourth-order valence-electron chi connectivity index (χ4n) is 2.64. The van der Waals surface area contributed by atoms with E-state index in [0.717, 1.165) is 17.1 Å². The molecular weight excluding hydrogens is 379 g/mol. The largest absolute Gasteiger partial charge is 1.00 e. The number of nitrogens with zero attached hydrogens (tertiary/aromatic N) is 2. The van der Waals surface area contributed by atoms with Gasteiger partial charge in [-0.05, 0) is 29.7 Å². The molecule has 2 nitrogen and oxygen atoms in total. The summed E-state index contributed by atoms with van der Waals surface area (Å²) >= 11 is 1.71. The van der Waals surface area contributed by atoms with Crippen LogP contribution in [0.1, 0.15) is 23.9 Å². The summed E-state index contributed by atoms with van der Waals surface area (Å²) in [6.07, 6.45) is 1.03. The lowest BCUT2D eigenvalue weighted by Crippen LogP contribution is -3.00. The van der Waals surface area contributed by atoms with Crippen LogP contribution in [-0.4, -0.2) is 4.98 Å². The van der Waals surface area contributed by atoms with Gasteiger partial charge in [0.15, 0.2) is 11.4 Å². The van der Waals surface area contributed by atoms with Gasteiger partial charge in [-0.15, -0.1) is 0 Å². The summed E-state index contributed by atoms with van der Waals surface area (Å²) in [5.74, 6) is 0. The summed E-state index contributed by atoms with van der Waals surface area (Å²) in [7, 11) is 0. The number of hydrogen-bond donors (Lipinski definition) is 0. The topological polar surface area (TPSA) is 17.0 Å². The Morgan fingerprint density at radius 3 is 2.50 bits per heavy atom. The number of benzene rings is 1. The van der Waals surface area contributed by atoms with E-state index >= 15 is 0 Å². The first kappa shape index (κ1) is 15.4. The third-order valence-corrected chi connectivity index (χ3v) is 4.43. The van der Waals surface area contributed by atoms with Crippen LogP contribution in [0.3, 0.4) is 0 Å². The molecule has 4 heteroatoms. The van der Waals surface area contributed by atoms with Crippen molar-refractivity contribution in [2.75, 3.05) is 0 Å². The molecule has 0 aliphatic heterocycles. The Bertz CT molecular complexity index is 735. The SMILES string of the molecule is CCc1c(C)nc2scc(-c3ccccc3)[n+]2c1C.[I-]. The number of hydrogen-bond acceptors (Lipinski definition) is 2. The van der Waals surface area contributed by atoms with Gasteiger partial charge in [-0.1, -0.05) is 37.3 Å². The van der Waals surface area contributed by atoms with Gasteiger partial charge in [-0.2, -0.15) is 4.40 Å². The molecule has 0 spiro atoms. The third kappa shape index (κ3) is 2.46. The molecule has 0 fully saturated rings. The van der Waals surface area contributed by atoms with Crippen molar-refractivity contribution in [1.29, 1.82) is 0 Å². The average Bonchev–Trinajstić information content (AvgIpc) is 2.84. The van der Waals surface area contributed by atoms with E-state index in [-0.39, 0.29) is 24.0 Å². The zero-order valence-electron chi connectivity index (χ0n) is 11.9. The highest BCUT2D eigenvalue weighted by atomic mass is 127. The van der Waals surface area contributed by atoms with Crippen molar-refractivity contribution in [2.45, 2.75) is 27.2 Å². The van der Waals surface area contributed by atoms with Crippen LogP contribution in [-0.2, 0) is 6.42 Å². The zero-order chi connectivity index (χ0) is 13.4. The van der Waals surface area contributed by atoms with E-state index in [1.54, 1.807) is 11.3 Å². The van der Waals surface area contributed by atoms with Crippen LogP contribution >= 0.6 is 11.3 Å². The first-order valence-corrected chi connectivity index (χ1v) is 7.45. The Kier molecular flexibility index (Phi) is 4.75. The molecule has 0 N–H and O–H groups in total. The first-order chi connectivity index (χ1) is 9.22. The highest BCUT2D eigenvalue weighted by molar-refractivity contribution is 7.14. The molecule has 0 aliphatic carbocycles. The Hall–Kier alpha value is -1.01. The Labute approximate surface area is 140 Å². The lowest BCUT2D eigenvalue weighted by Gasteiger charge is -2.04. The van der Waals surface area contributed by atoms with Crippen molar-refractivity contribution < 1.29 is 28.4 Å². The molecule has 0 amide bonds. The molecule has 20 heavy (non-hydrogen) atoms. The number of halogens is 1. The average molecular weight is 396 g/mol. The van der Waals surface area contributed by atoms with E-state index < -0.39 is 0 Å². The van der Waals surface area contributed by atoms with Crippen LogP contribution in [0.4, 0.5) is 0 Å². The number of fused-ring (bicyclic) bond motifs is 1. The van der Waals surface area contributed by atoms with Crippen molar-refractivity contribution in [1.82, 2.24) is 4.98 Å². The van der Waals surface area contributed by atoms with Crippen LogP contribution in [0.5, 0.6) is 0 Å².